The zero-order valence-corrected chi connectivity index (χ0v) is 7.16. The van der Waals surface area contributed by atoms with Gasteiger partial charge in [-0.2, -0.15) is 0 Å². The van der Waals surface area contributed by atoms with E-state index >= 15 is 0 Å². The summed E-state index contributed by atoms with van der Waals surface area (Å²) in [4.78, 5) is 0. The van der Waals surface area contributed by atoms with Gasteiger partial charge in [0.05, 0.1) is 0 Å². The molecule has 0 unspecified atom stereocenters. The first-order valence-electron chi connectivity index (χ1n) is 3.67. The fourth-order valence-corrected chi connectivity index (χ4v) is 1.64. The van der Waals surface area contributed by atoms with Crippen molar-refractivity contribution in [2.45, 2.75) is 45.2 Å². The predicted molar refractivity (Wildman–Crippen MR) is 41.2 cm³/mol. The van der Waals surface area contributed by atoms with Gasteiger partial charge in [-0.1, -0.05) is 26.7 Å². The molecule has 0 bridgehead atoms. The van der Waals surface area contributed by atoms with Gasteiger partial charge in [-0.05, 0) is 12.8 Å². The van der Waals surface area contributed by atoms with E-state index in [9.17, 15) is 4.57 Å². The van der Waals surface area contributed by atoms with Gasteiger partial charge < -0.3 is 0 Å². The van der Waals surface area contributed by atoms with Gasteiger partial charge in [-0.15, -0.1) is 0 Å². The molecule has 0 spiro atoms. The molecule has 2 heteroatoms. The lowest BCUT2D eigenvalue weighted by molar-refractivity contribution is 0.574. The van der Waals surface area contributed by atoms with E-state index < -0.39 is 0 Å². The maximum absolute atomic E-state index is 10.4. The van der Waals surface area contributed by atoms with Crippen LogP contribution in [0.5, 0.6) is 0 Å². The Bertz CT molecular complexity index is 67.3. The van der Waals surface area contributed by atoms with Gasteiger partial charge in [-0.25, -0.2) is 0 Å². The molecule has 0 aromatic heterocycles. The van der Waals surface area contributed by atoms with Crippen molar-refractivity contribution in [3.63, 3.8) is 0 Å². The van der Waals surface area contributed by atoms with E-state index in [1.54, 1.807) is 0 Å². The molecule has 0 aliphatic rings. The van der Waals surface area contributed by atoms with Crippen LogP contribution in [0.15, 0.2) is 0 Å². The second-order valence-corrected chi connectivity index (χ2v) is 3.28. The Morgan fingerprint density at radius 2 is 1.67 bits per heavy atom. The van der Waals surface area contributed by atoms with Crippen LogP contribution in [0.4, 0.5) is 0 Å². The highest BCUT2D eigenvalue weighted by Crippen LogP contribution is 2.17. The topological polar surface area (TPSA) is 17.1 Å². The summed E-state index contributed by atoms with van der Waals surface area (Å²) in [7, 11) is 0.341. The Hall–Kier alpha value is 0.100. The van der Waals surface area contributed by atoms with Gasteiger partial charge in [0.1, 0.15) is 0 Å². The molecule has 0 amide bonds. The molecule has 0 aromatic carbocycles. The first-order valence-corrected chi connectivity index (χ1v) is 4.55. The van der Waals surface area contributed by atoms with Gasteiger partial charge >= 0.3 is 0 Å². The van der Waals surface area contributed by atoms with E-state index in [1.165, 1.54) is 0 Å². The minimum Gasteiger partial charge on any atom is -0.275 e. The number of rotatable bonds is 5. The zero-order chi connectivity index (χ0) is 7.11. The molecule has 0 atom stereocenters. The Balaban J connectivity index is 3.29. The van der Waals surface area contributed by atoms with Crippen molar-refractivity contribution in [1.29, 1.82) is 0 Å². The van der Waals surface area contributed by atoms with Crippen molar-refractivity contribution in [2.75, 3.05) is 0 Å². The second kappa shape index (κ2) is 6.22. The third-order valence-electron chi connectivity index (χ3n) is 1.39. The molecule has 54 valence electrons. The molecule has 0 aliphatic carbocycles. The molecule has 0 N–H and O–H groups in total. The molecule has 0 heterocycles. The fraction of sp³-hybridized carbons (Fsp3) is 1.00. The Morgan fingerprint density at radius 3 is 1.89 bits per heavy atom. The normalized spacial score (nSPS) is 11.0. The SMILES string of the molecule is CCCC(CCC)P=O. The van der Waals surface area contributed by atoms with Gasteiger partial charge in [0.25, 0.3) is 0 Å². The number of hydrogen-bond acceptors (Lipinski definition) is 1. The summed E-state index contributed by atoms with van der Waals surface area (Å²) in [6.45, 7) is 4.27. The lowest BCUT2D eigenvalue weighted by atomic mass is 10.2. The molecule has 0 aliphatic heterocycles. The van der Waals surface area contributed by atoms with Crippen molar-refractivity contribution in [3.8, 4) is 0 Å². The molecule has 1 nitrogen and oxygen atoms in total. The molecular formula is C7H15OP. The Labute approximate surface area is 59.0 Å². The molecule has 0 saturated heterocycles. The van der Waals surface area contributed by atoms with E-state index in [0.717, 1.165) is 25.7 Å². The minimum atomic E-state index is 0.341. The molecule has 0 saturated carbocycles. The van der Waals surface area contributed by atoms with Crippen LogP contribution in [0.3, 0.4) is 0 Å². The maximum atomic E-state index is 10.4. The highest BCUT2D eigenvalue weighted by molar-refractivity contribution is 7.24. The van der Waals surface area contributed by atoms with Crippen LogP contribution in [-0.4, -0.2) is 5.66 Å². The smallest absolute Gasteiger partial charge is 0.158 e. The average Bonchev–Trinajstić information content (AvgIpc) is 1.88. The van der Waals surface area contributed by atoms with E-state index in [4.69, 9.17) is 0 Å². The summed E-state index contributed by atoms with van der Waals surface area (Å²) in [5.41, 5.74) is 0.431. The zero-order valence-electron chi connectivity index (χ0n) is 6.26. The van der Waals surface area contributed by atoms with Crippen molar-refractivity contribution < 1.29 is 4.57 Å². The van der Waals surface area contributed by atoms with Crippen molar-refractivity contribution in [1.82, 2.24) is 0 Å². The summed E-state index contributed by atoms with van der Waals surface area (Å²) >= 11 is 0. The van der Waals surface area contributed by atoms with Crippen LogP contribution in [-0.2, 0) is 4.57 Å². The molecule has 0 fully saturated rings. The quantitative estimate of drug-likeness (QED) is 0.544. The van der Waals surface area contributed by atoms with Gasteiger partial charge in [0.2, 0.25) is 0 Å². The minimum absolute atomic E-state index is 0.341. The molecular weight excluding hydrogens is 131 g/mol. The third kappa shape index (κ3) is 4.59. The molecule has 0 aromatic rings. The molecule has 0 radical (unpaired) electrons. The van der Waals surface area contributed by atoms with Crippen LogP contribution >= 0.6 is 8.46 Å². The number of hydrogen-bond donors (Lipinski definition) is 0. The monoisotopic (exact) mass is 146 g/mol. The summed E-state index contributed by atoms with van der Waals surface area (Å²) in [6.07, 6.45) is 4.53. The van der Waals surface area contributed by atoms with Gasteiger partial charge in [-0.3, -0.25) is 4.57 Å². The van der Waals surface area contributed by atoms with Crippen LogP contribution in [0, 0.1) is 0 Å². The first kappa shape index (κ1) is 9.10. The Kier molecular flexibility index (Phi) is 6.29. The van der Waals surface area contributed by atoms with Gasteiger partial charge in [0.15, 0.2) is 8.46 Å². The third-order valence-corrected chi connectivity index (χ3v) is 2.21. The van der Waals surface area contributed by atoms with E-state index in [0.29, 0.717) is 14.1 Å². The highest BCUT2D eigenvalue weighted by Gasteiger charge is 2.03. The van der Waals surface area contributed by atoms with E-state index in [2.05, 4.69) is 13.8 Å². The summed E-state index contributed by atoms with van der Waals surface area (Å²) < 4.78 is 10.4. The van der Waals surface area contributed by atoms with Crippen molar-refractivity contribution in [2.24, 2.45) is 0 Å². The maximum Gasteiger partial charge on any atom is 0.158 e. The summed E-state index contributed by atoms with van der Waals surface area (Å²) in [5.74, 6) is 0. The lowest BCUT2D eigenvalue weighted by Crippen LogP contribution is -1.95. The van der Waals surface area contributed by atoms with Crippen LogP contribution in [0.1, 0.15) is 39.5 Å². The highest BCUT2D eigenvalue weighted by atomic mass is 31.1. The summed E-state index contributed by atoms with van der Waals surface area (Å²) in [6, 6.07) is 0. The van der Waals surface area contributed by atoms with Crippen molar-refractivity contribution in [3.05, 3.63) is 0 Å². The summed E-state index contributed by atoms with van der Waals surface area (Å²) in [5, 5.41) is 0. The lowest BCUT2D eigenvalue weighted by Gasteiger charge is -2.02. The Morgan fingerprint density at radius 1 is 1.22 bits per heavy atom. The molecule has 9 heavy (non-hydrogen) atoms. The largest absolute Gasteiger partial charge is 0.275 e. The van der Waals surface area contributed by atoms with E-state index in [1.807, 2.05) is 0 Å². The van der Waals surface area contributed by atoms with Gasteiger partial charge in [0, 0.05) is 5.66 Å². The first-order chi connectivity index (χ1) is 4.35. The van der Waals surface area contributed by atoms with Crippen LogP contribution in [0.25, 0.3) is 0 Å². The van der Waals surface area contributed by atoms with Crippen LogP contribution < -0.4 is 0 Å². The standard InChI is InChI=1S/C7H15OP/c1-3-5-7(9-8)6-4-2/h7H,3-6H2,1-2H3. The van der Waals surface area contributed by atoms with E-state index in [-0.39, 0.29) is 0 Å². The second-order valence-electron chi connectivity index (χ2n) is 2.34. The fourth-order valence-electron chi connectivity index (χ4n) is 0.916. The average molecular weight is 146 g/mol. The van der Waals surface area contributed by atoms with Crippen molar-refractivity contribution >= 4 is 8.46 Å². The molecule has 0 rings (SSSR count). The predicted octanol–water partition coefficient (Wildman–Crippen LogP) is 3.25. The van der Waals surface area contributed by atoms with Crippen LogP contribution in [0.2, 0.25) is 0 Å².